The predicted molar refractivity (Wildman–Crippen MR) is 153 cm³/mol. The van der Waals surface area contributed by atoms with Gasteiger partial charge in [0, 0.05) is 23.1 Å². The van der Waals surface area contributed by atoms with Crippen LogP contribution < -0.4 is 10.1 Å². The summed E-state index contributed by atoms with van der Waals surface area (Å²) in [6, 6.07) is 27.5. The van der Waals surface area contributed by atoms with Crippen molar-refractivity contribution in [3.8, 4) is 28.4 Å². The van der Waals surface area contributed by atoms with E-state index in [4.69, 9.17) is 9.72 Å². The maximum Gasteiger partial charge on any atom is 0.234 e. The van der Waals surface area contributed by atoms with Gasteiger partial charge in [-0.15, -0.1) is 16.8 Å². The number of pyridine rings is 1. The minimum Gasteiger partial charge on any atom is -0.492 e. The largest absolute Gasteiger partial charge is 0.492 e. The number of carbonyl (C=O) groups is 1. The number of allylic oxidation sites excluding steroid dienone is 1. The minimum absolute atomic E-state index is 0.155. The molecule has 7 nitrogen and oxygen atoms in total. The average molecular weight is 522 g/mol. The van der Waals surface area contributed by atoms with E-state index in [1.807, 2.05) is 96.4 Å². The lowest BCUT2D eigenvalue weighted by Gasteiger charge is -2.12. The van der Waals surface area contributed by atoms with Crippen molar-refractivity contribution in [2.24, 2.45) is 0 Å². The zero-order valence-corrected chi connectivity index (χ0v) is 21.8. The Hall–Kier alpha value is -4.43. The summed E-state index contributed by atoms with van der Waals surface area (Å²) >= 11 is 1.33. The van der Waals surface area contributed by atoms with Crippen molar-refractivity contribution in [2.75, 3.05) is 17.7 Å². The molecule has 0 bridgehead atoms. The highest BCUT2D eigenvalue weighted by Crippen LogP contribution is 2.33. The molecule has 2 aromatic heterocycles. The molecule has 0 saturated carbocycles. The van der Waals surface area contributed by atoms with E-state index < -0.39 is 0 Å². The second-order valence-corrected chi connectivity index (χ2v) is 9.35. The van der Waals surface area contributed by atoms with Crippen LogP contribution in [0.15, 0.2) is 103 Å². The van der Waals surface area contributed by atoms with Crippen LogP contribution in [0.3, 0.4) is 0 Å². The van der Waals surface area contributed by atoms with Crippen LogP contribution in [-0.2, 0) is 11.3 Å². The van der Waals surface area contributed by atoms with Crippen molar-refractivity contribution < 1.29 is 9.53 Å². The number of hydrogen-bond acceptors (Lipinski definition) is 6. The van der Waals surface area contributed by atoms with Gasteiger partial charge in [-0.2, -0.15) is 0 Å². The fourth-order valence-corrected chi connectivity index (χ4v) is 4.92. The highest BCUT2D eigenvalue weighted by atomic mass is 32.2. The van der Waals surface area contributed by atoms with Gasteiger partial charge in [0.25, 0.3) is 0 Å². The van der Waals surface area contributed by atoms with E-state index in [9.17, 15) is 4.79 Å². The van der Waals surface area contributed by atoms with Gasteiger partial charge in [0.15, 0.2) is 11.0 Å². The molecule has 0 fully saturated rings. The first kappa shape index (κ1) is 25.2. The number of aromatic nitrogens is 4. The summed E-state index contributed by atoms with van der Waals surface area (Å²) in [6.07, 6.45) is 1.80. The molecular formula is C30H27N5O2S. The van der Waals surface area contributed by atoms with E-state index in [-0.39, 0.29) is 11.7 Å². The third-order valence-electron chi connectivity index (χ3n) is 5.85. The molecule has 38 heavy (non-hydrogen) atoms. The molecule has 0 radical (unpaired) electrons. The Morgan fingerprint density at radius 1 is 1.03 bits per heavy atom. The second-order valence-electron chi connectivity index (χ2n) is 8.41. The summed E-state index contributed by atoms with van der Waals surface area (Å²) in [4.78, 5) is 17.7. The van der Waals surface area contributed by atoms with Crippen LogP contribution in [0.5, 0.6) is 5.75 Å². The maximum atomic E-state index is 12.8. The van der Waals surface area contributed by atoms with Gasteiger partial charge in [0.2, 0.25) is 5.91 Å². The molecule has 190 valence electrons. The average Bonchev–Trinajstić information content (AvgIpc) is 3.35. The summed E-state index contributed by atoms with van der Waals surface area (Å²) in [6.45, 7) is 6.85. The second kappa shape index (κ2) is 11.7. The normalized spacial score (nSPS) is 10.9. The maximum absolute atomic E-state index is 12.8. The minimum atomic E-state index is -0.155. The quantitative estimate of drug-likeness (QED) is 0.167. The number of para-hydroxylation sites is 3. The number of nitrogens with zero attached hydrogens (tertiary/aromatic N) is 4. The highest BCUT2D eigenvalue weighted by molar-refractivity contribution is 7.99. The third-order valence-corrected chi connectivity index (χ3v) is 6.82. The van der Waals surface area contributed by atoms with Crippen LogP contribution in [-0.4, -0.2) is 38.0 Å². The van der Waals surface area contributed by atoms with Gasteiger partial charge >= 0.3 is 0 Å². The van der Waals surface area contributed by atoms with Crippen LogP contribution in [0.4, 0.5) is 5.69 Å². The Labute approximate surface area is 225 Å². The monoisotopic (exact) mass is 521 g/mol. The number of rotatable bonds is 10. The molecule has 3 aromatic carbocycles. The summed E-state index contributed by atoms with van der Waals surface area (Å²) < 4.78 is 7.60. The van der Waals surface area contributed by atoms with Crippen molar-refractivity contribution in [3.05, 3.63) is 97.6 Å². The Bertz CT molecular complexity index is 1580. The first-order valence-electron chi connectivity index (χ1n) is 12.3. The van der Waals surface area contributed by atoms with E-state index >= 15 is 0 Å². The van der Waals surface area contributed by atoms with Crippen LogP contribution in [0, 0.1) is 0 Å². The molecule has 0 aliphatic heterocycles. The lowest BCUT2D eigenvalue weighted by Crippen LogP contribution is -2.15. The number of benzene rings is 3. The van der Waals surface area contributed by atoms with Crippen molar-refractivity contribution in [1.82, 2.24) is 19.7 Å². The molecule has 1 amide bonds. The number of fused-ring (bicyclic) bond motifs is 1. The number of thioether (sulfide) groups is 1. The highest BCUT2D eigenvalue weighted by Gasteiger charge is 2.19. The van der Waals surface area contributed by atoms with Crippen molar-refractivity contribution in [1.29, 1.82) is 0 Å². The fraction of sp³-hybridized carbons (Fsp3) is 0.133. The van der Waals surface area contributed by atoms with E-state index in [2.05, 4.69) is 22.1 Å². The summed E-state index contributed by atoms with van der Waals surface area (Å²) in [7, 11) is 0. The molecule has 5 rings (SSSR count). The molecule has 0 spiro atoms. The van der Waals surface area contributed by atoms with Crippen LogP contribution in [0.1, 0.15) is 6.92 Å². The van der Waals surface area contributed by atoms with Crippen LogP contribution >= 0.6 is 11.8 Å². The number of amides is 1. The Morgan fingerprint density at radius 3 is 2.61 bits per heavy atom. The Balaban J connectivity index is 1.45. The van der Waals surface area contributed by atoms with Gasteiger partial charge in [0.05, 0.1) is 29.3 Å². The van der Waals surface area contributed by atoms with Crippen LogP contribution in [0.25, 0.3) is 33.5 Å². The van der Waals surface area contributed by atoms with Crippen molar-refractivity contribution in [2.45, 2.75) is 18.6 Å². The summed E-state index contributed by atoms with van der Waals surface area (Å²) in [5, 5.41) is 13.6. The standard InChI is InChI=1S/C30H27N5O2S/c1-3-18-35-29(23-19-26(21-12-6-5-7-13-21)31-24-15-9-8-14-22(23)24)33-34-30(35)38-20-28(36)32-25-16-10-11-17-27(25)37-4-2/h3,5-17,19H,1,4,18,20H2,2H3,(H,32,36). The van der Waals surface area contributed by atoms with E-state index in [1.165, 1.54) is 11.8 Å². The summed E-state index contributed by atoms with van der Waals surface area (Å²) in [5.41, 5.74) is 4.32. The van der Waals surface area contributed by atoms with Gasteiger partial charge in [0.1, 0.15) is 5.75 Å². The number of carbonyl (C=O) groups excluding carboxylic acids is 1. The van der Waals surface area contributed by atoms with Crippen molar-refractivity contribution in [3.63, 3.8) is 0 Å². The molecule has 0 unspecified atom stereocenters. The lowest BCUT2D eigenvalue weighted by molar-refractivity contribution is -0.113. The number of anilines is 1. The molecular weight excluding hydrogens is 494 g/mol. The van der Waals surface area contributed by atoms with E-state index in [0.29, 0.717) is 35.6 Å². The molecule has 2 heterocycles. The number of ether oxygens (including phenoxy) is 1. The first-order chi connectivity index (χ1) is 18.7. The molecule has 1 N–H and O–H groups in total. The van der Waals surface area contributed by atoms with Crippen molar-refractivity contribution >= 4 is 34.3 Å². The molecule has 0 saturated heterocycles. The molecule has 8 heteroatoms. The fourth-order valence-electron chi connectivity index (χ4n) is 4.17. The zero-order chi connectivity index (χ0) is 26.3. The summed E-state index contributed by atoms with van der Waals surface area (Å²) in [5.74, 6) is 1.36. The van der Waals surface area contributed by atoms with Gasteiger partial charge in [-0.3, -0.25) is 9.36 Å². The third kappa shape index (κ3) is 5.45. The Morgan fingerprint density at radius 2 is 1.79 bits per heavy atom. The van der Waals surface area contributed by atoms with Gasteiger partial charge in [-0.25, -0.2) is 4.98 Å². The molecule has 0 aliphatic rings. The smallest absolute Gasteiger partial charge is 0.234 e. The predicted octanol–water partition coefficient (Wildman–Crippen LogP) is 6.48. The van der Waals surface area contributed by atoms with Crippen LogP contribution in [0.2, 0.25) is 0 Å². The number of hydrogen-bond donors (Lipinski definition) is 1. The topological polar surface area (TPSA) is 81.9 Å². The first-order valence-corrected chi connectivity index (χ1v) is 13.3. The van der Waals surface area contributed by atoms with E-state index in [1.54, 1.807) is 6.08 Å². The zero-order valence-electron chi connectivity index (χ0n) is 21.0. The van der Waals surface area contributed by atoms with Gasteiger partial charge in [-0.05, 0) is 31.2 Å². The van der Waals surface area contributed by atoms with Gasteiger partial charge in [-0.1, -0.05) is 78.5 Å². The SMILES string of the molecule is C=CCn1c(SCC(=O)Nc2ccccc2OCC)nnc1-c1cc(-c2ccccc2)nc2ccccc12. The number of nitrogens with one attached hydrogen (secondary N) is 1. The lowest BCUT2D eigenvalue weighted by atomic mass is 10.0. The molecule has 0 aliphatic carbocycles. The molecule has 5 aromatic rings. The molecule has 0 atom stereocenters. The van der Waals surface area contributed by atoms with E-state index in [0.717, 1.165) is 27.7 Å². The van der Waals surface area contributed by atoms with Gasteiger partial charge < -0.3 is 10.1 Å². The Kier molecular flexibility index (Phi) is 7.80.